The number of halogens is 3. The smallest absolute Gasteiger partial charge is 0.238 e. The van der Waals surface area contributed by atoms with Crippen molar-refractivity contribution in [3.63, 3.8) is 0 Å². The molecule has 1 fully saturated rings. The molecular weight excluding hydrogens is 351 g/mol. The molecule has 0 spiro atoms. The van der Waals surface area contributed by atoms with Crippen molar-refractivity contribution in [2.75, 3.05) is 25.0 Å². The van der Waals surface area contributed by atoms with Gasteiger partial charge in [0.05, 0.1) is 18.3 Å². The van der Waals surface area contributed by atoms with Gasteiger partial charge in [-0.05, 0) is 31.0 Å². The predicted octanol–water partition coefficient (Wildman–Crippen LogP) is 2.72. The first-order valence-electron chi connectivity index (χ1n) is 6.22. The molecule has 1 amide bonds. The van der Waals surface area contributed by atoms with Crippen molar-refractivity contribution < 1.29 is 13.9 Å². The second kappa shape index (κ2) is 8.56. The van der Waals surface area contributed by atoms with E-state index in [1.807, 2.05) is 0 Å². The van der Waals surface area contributed by atoms with Crippen LogP contribution in [0.15, 0.2) is 22.7 Å². The molecule has 20 heavy (non-hydrogen) atoms. The fourth-order valence-electron chi connectivity index (χ4n) is 1.94. The van der Waals surface area contributed by atoms with E-state index in [0.29, 0.717) is 11.0 Å². The van der Waals surface area contributed by atoms with Gasteiger partial charge in [0.15, 0.2) is 0 Å². The lowest BCUT2D eigenvalue weighted by atomic mass is 10.2. The van der Waals surface area contributed by atoms with Crippen LogP contribution < -0.4 is 10.6 Å². The van der Waals surface area contributed by atoms with Crippen LogP contribution in [0.25, 0.3) is 0 Å². The number of ether oxygens (including phenoxy) is 1. The number of nitrogens with one attached hydrogen (secondary N) is 2. The minimum Gasteiger partial charge on any atom is -0.377 e. The average Bonchev–Trinajstić information content (AvgIpc) is 2.86. The molecule has 0 aliphatic carbocycles. The fraction of sp³-hybridized carbons (Fsp3) is 0.462. The van der Waals surface area contributed by atoms with Crippen molar-refractivity contribution in [1.29, 1.82) is 0 Å². The molecule has 2 rings (SSSR count). The molecule has 4 nitrogen and oxygen atoms in total. The number of benzene rings is 1. The first-order valence-corrected chi connectivity index (χ1v) is 7.01. The van der Waals surface area contributed by atoms with Crippen LogP contribution in [0.3, 0.4) is 0 Å². The van der Waals surface area contributed by atoms with Crippen LogP contribution in [-0.2, 0) is 9.53 Å². The maximum Gasteiger partial charge on any atom is 0.238 e. The number of anilines is 1. The molecule has 112 valence electrons. The number of rotatable bonds is 5. The Morgan fingerprint density at radius 2 is 2.30 bits per heavy atom. The lowest BCUT2D eigenvalue weighted by Gasteiger charge is -2.11. The normalized spacial score (nSPS) is 17.6. The van der Waals surface area contributed by atoms with E-state index in [2.05, 4.69) is 26.6 Å². The summed E-state index contributed by atoms with van der Waals surface area (Å²) in [5, 5.41) is 5.53. The highest BCUT2D eigenvalue weighted by Crippen LogP contribution is 2.19. The predicted molar refractivity (Wildman–Crippen MR) is 81.8 cm³/mol. The molecule has 0 radical (unpaired) electrons. The summed E-state index contributed by atoms with van der Waals surface area (Å²) in [6.07, 6.45) is 2.29. The van der Waals surface area contributed by atoms with Crippen LogP contribution in [0.5, 0.6) is 0 Å². The van der Waals surface area contributed by atoms with Gasteiger partial charge in [-0.1, -0.05) is 15.9 Å². The van der Waals surface area contributed by atoms with E-state index in [-0.39, 0.29) is 36.7 Å². The van der Waals surface area contributed by atoms with Gasteiger partial charge in [-0.3, -0.25) is 4.79 Å². The minimum atomic E-state index is -0.457. The zero-order valence-electron chi connectivity index (χ0n) is 10.8. The van der Waals surface area contributed by atoms with E-state index in [1.165, 1.54) is 12.1 Å². The van der Waals surface area contributed by atoms with Crippen LogP contribution in [0.1, 0.15) is 12.8 Å². The quantitative estimate of drug-likeness (QED) is 0.841. The fourth-order valence-corrected chi connectivity index (χ4v) is 2.27. The lowest BCUT2D eigenvalue weighted by molar-refractivity contribution is -0.115. The van der Waals surface area contributed by atoms with E-state index in [0.717, 1.165) is 19.4 Å². The van der Waals surface area contributed by atoms with Crippen molar-refractivity contribution in [2.45, 2.75) is 18.9 Å². The Morgan fingerprint density at radius 1 is 1.50 bits per heavy atom. The Labute approximate surface area is 132 Å². The van der Waals surface area contributed by atoms with E-state index < -0.39 is 5.82 Å². The molecule has 0 saturated carbocycles. The van der Waals surface area contributed by atoms with Gasteiger partial charge in [-0.15, -0.1) is 12.4 Å². The maximum atomic E-state index is 13.5. The molecule has 0 aromatic heterocycles. The Balaban J connectivity index is 0.00000200. The Kier molecular flexibility index (Phi) is 7.43. The van der Waals surface area contributed by atoms with Crippen molar-refractivity contribution >= 4 is 39.9 Å². The summed E-state index contributed by atoms with van der Waals surface area (Å²) in [6, 6.07) is 4.52. The molecular formula is C13H17BrClFN2O2. The summed E-state index contributed by atoms with van der Waals surface area (Å²) in [4.78, 5) is 11.6. The largest absolute Gasteiger partial charge is 0.377 e. The van der Waals surface area contributed by atoms with Crippen molar-refractivity contribution in [3.05, 3.63) is 28.5 Å². The second-order valence-corrected chi connectivity index (χ2v) is 5.35. The third-order valence-corrected chi connectivity index (χ3v) is 3.38. The van der Waals surface area contributed by atoms with Crippen LogP contribution in [-0.4, -0.2) is 31.7 Å². The second-order valence-electron chi connectivity index (χ2n) is 4.44. The molecule has 1 atom stereocenters. The molecule has 1 heterocycles. The zero-order chi connectivity index (χ0) is 13.7. The van der Waals surface area contributed by atoms with Gasteiger partial charge < -0.3 is 15.4 Å². The summed E-state index contributed by atoms with van der Waals surface area (Å²) in [7, 11) is 0. The lowest BCUT2D eigenvalue weighted by Crippen LogP contribution is -2.33. The van der Waals surface area contributed by atoms with Crippen molar-refractivity contribution in [2.24, 2.45) is 0 Å². The highest BCUT2D eigenvalue weighted by Gasteiger charge is 2.15. The standard InChI is InChI=1S/C13H16BrFN2O2.ClH/c14-9-3-4-12(11(15)6-9)17-13(18)8-16-7-10-2-1-5-19-10;/h3-4,6,10,16H,1-2,5,7-8H2,(H,17,18);1H. The topological polar surface area (TPSA) is 50.4 Å². The maximum absolute atomic E-state index is 13.5. The van der Waals surface area contributed by atoms with Gasteiger partial charge in [0, 0.05) is 17.6 Å². The summed E-state index contributed by atoms with van der Waals surface area (Å²) < 4.78 is 19.6. The molecule has 7 heteroatoms. The van der Waals surface area contributed by atoms with E-state index in [4.69, 9.17) is 4.74 Å². The van der Waals surface area contributed by atoms with Crippen molar-refractivity contribution in [1.82, 2.24) is 5.32 Å². The first kappa shape index (κ1) is 17.4. The highest BCUT2D eigenvalue weighted by atomic mass is 79.9. The Morgan fingerprint density at radius 3 is 2.95 bits per heavy atom. The molecule has 1 unspecified atom stereocenters. The zero-order valence-corrected chi connectivity index (χ0v) is 13.2. The minimum absolute atomic E-state index is 0. The van der Waals surface area contributed by atoms with Gasteiger partial charge in [0.25, 0.3) is 0 Å². The van der Waals surface area contributed by atoms with E-state index in [1.54, 1.807) is 6.07 Å². The van der Waals surface area contributed by atoms with Crippen LogP contribution in [0, 0.1) is 5.82 Å². The van der Waals surface area contributed by atoms with Gasteiger partial charge in [-0.25, -0.2) is 4.39 Å². The van der Waals surface area contributed by atoms with Gasteiger partial charge >= 0.3 is 0 Å². The monoisotopic (exact) mass is 366 g/mol. The van der Waals surface area contributed by atoms with Crippen LogP contribution in [0.4, 0.5) is 10.1 Å². The summed E-state index contributed by atoms with van der Waals surface area (Å²) in [6.45, 7) is 1.59. The van der Waals surface area contributed by atoms with Gasteiger partial charge in [0.1, 0.15) is 5.82 Å². The molecule has 2 N–H and O–H groups in total. The molecule has 0 bridgehead atoms. The molecule has 1 aromatic rings. The van der Waals surface area contributed by atoms with E-state index in [9.17, 15) is 9.18 Å². The number of hydrogen-bond acceptors (Lipinski definition) is 3. The SMILES string of the molecule is Cl.O=C(CNCC1CCCO1)Nc1ccc(Br)cc1F. The van der Waals surface area contributed by atoms with Crippen molar-refractivity contribution in [3.8, 4) is 0 Å². The number of carbonyl (C=O) groups excluding carboxylic acids is 1. The third kappa shape index (κ3) is 5.36. The number of carbonyl (C=O) groups is 1. The Bertz CT molecular complexity index is 456. The average molecular weight is 368 g/mol. The van der Waals surface area contributed by atoms with Gasteiger partial charge in [-0.2, -0.15) is 0 Å². The summed E-state index contributed by atoms with van der Waals surface area (Å²) in [5.74, 6) is -0.721. The van der Waals surface area contributed by atoms with E-state index >= 15 is 0 Å². The number of amides is 1. The number of hydrogen-bond donors (Lipinski definition) is 2. The molecule has 1 aliphatic heterocycles. The van der Waals surface area contributed by atoms with Crippen LogP contribution >= 0.6 is 28.3 Å². The molecule has 1 aliphatic rings. The molecule has 1 saturated heterocycles. The van der Waals surface area contributed by atoms with Crippen LogP contribution in [0.2, 0.25) is 0 Å². The molecule has 1 aromatic carbocycles. The Hall–Kier alpha value is -0.690. The first-order chi connectivity index (χ1) is 9.15. The highest BCUT2D eigenvalue weighted by molar-refractivity contribution is 9.10. The van der Waals surface area contributed by atoms with Gasteiger partial charge in [0.2, 0.25) is 5.91 Å². The summed E-state index contributed by atoms with van der Waals surface area (Å²) in [5.41, 5.74) is 0.187. The third-order valence-electron chi connectivity index (χ3n) is 2.89. The summed E-state index contributed by atoms with van der Waals surface area (Å²) >= 11 is 3.16.